The van der Waals surface area contributed by atoms with Crippen molar-refractivity contribution in [3.63, 3.8) is 0 Å². The molecule has 1 N–H and O–H groups in total. The van der Waals surface area contributed by atoms with Crippen LogP contribution >= 0.6 is 11.6 Å². The fourth-order valence-corrected chi connectivity index (χ4v) is 3.19. The van der Waals surface area contributed by atoms with Gasteiger partial charge in [-0.1, -0.05) is 35.9 Å². The Morgan fingerprint density at radius 1 is 1.07 bits per heavy atom. The van der Waals surface area contributed by atoms with Crippen molar-refractivity contribution in [2.75, 3.05) is 11.9 Å². The number of fused-ring (bicyclic) bond motifs is 2. The van der Waals surface area contributed by atoms with Gasteiger partial charge >= 0.3 is 0 Å². The molecule has 4 aromatic rings. The molecule has 0 aliphatic carbocycles. The number of ether oxygens (including phenoxy) is 1. The molecule has 0 saturated heterocycles. The van der Waals surface area contributed by atoms with Gasteiger partial charge in [0.2, 0.25) is 5.43 Å². The molecule has 4 rings (SSSR count). The van der Waals surface area contributed by atoms with E-state index < -0.39 is 0 Å². The quantitative estimate of drug-likeness (QED) is 0.499. The van der Waals surface area contributed by atoms with Crippen LogP contribution in [0.4, 0.5) is 5.69 Å². The van der Waals surface area contributed by atoms with Crippen LogP contribution in [0.2, 0.25) is 5.02 Å². The van der Waals surface area contributed by atoms with E-state index in [1.165, 1.54) is 0 Å². The van der Waals surface area contributed by atoms with Crippen molar-refractivity contribution in [3.05, 3.63) is 81.5 Å². The summed E-state index contributed by atoms with van der Waals surface area (Å²) in [6, 6.07) is 17.4. The zero-order chi connectivity index (χ0) is 19.7. The van der Waals surface area contributed by atoms with E-state index in [0.717, 1.165) is 5.56 Å². The first-order chi connectivity index (χ1) is 13.5. The number of hydrogen-bond donors (Lipinski definition) is 1. The number of aryl methyl sites for hydroxylation is 1. The van der Waals surface area contributed by atoms with Crippen molar-refractivity contribution >= 4 is 45.1 Å². The minimum atomic E-state index is -0.316. The number of para-hydroxylation sites is 2. The van der Waals surface area contributed by atoms with E-state index >= 15 is 0 Å². The van der Waals surface area contributed by atoms with Crippen LogP contribution in [-0.4, -0.2) is 12.5 Å². The van der Waals surface area contributed by atoms with Crippen LogP contribution in [0.25, 0.3) is 21.9 Å². The molecule has 0 fully saturated rings. The second-order valence-corrected chi connectivity index (χ2v) is 6.77. The number of benzene rings is 3. The monoisotopic (exact) mass is 393 g/mol. The van der Waals surface area contributed by atoms with Gasteiger partial charge in [0, 0.05) is 11.8 Å². The largest absolute Gasteiger partial charge is 0.483 e. The molecule has 0 atom stereocenters. The zero-order valence-electron chi connectivity index (χ0n) is 15.0. The highest BCUT2D eigenvalue weighted by molar-refractivity contribution is 6.34. The third kappa shape index (κ3) is 3.44. The second-order valence-electron chi connectivity index (χ2n) is 6.36. The molecule has 140 valence electrons. The Bertz CT molecular complexity index is 1260. The number of halogens is 1. The Balaban J connectivity index is 1.58. The van der Waals surface area contributed by atoms with Gasteiger partial charge in [0.15, 0.2) is 12.2 Å². The van der Waals surface area contributed by atoms with E-state index in [1.807, 2.05) is 31.2 Å². The summed E-state index contributed by atoms with van der Waals surface area (Å²) >= 11 is 6.15. The van der Waals surface area contributed by atoms with Crippen LogP contribution in [0, 0.1) is 6.92 Å². The molecular formula is C22H16ClNO4. The highest BCUT2D eigenvalue weighted by atomic mass is 35.5. The van der Waals surface area contributed by atoms with E-state index in [1.54, 1.807) is 36.4 Å². The maximum absolute atomic E-state index is 12.6. The standard InChI is InChI=1S/C22H16ClNO4/c1-13-5-2-3-8-18(13)27-12-20(25)24-14-9-10-15-19(11-14)28-22-16(21(15)26)6-4-7-17(22)23/h2-11H,12H2,1H3,(H,24,25). The molecule has 1 aromatic heterocycles. The highest BCUT2D eigenvalue weighted by Crippen LogP contribution is 2.26. The van der Waals surface area contributed by atoms with Crippen molar-refractivity contribution < 1.29 is 13.9 Å². The lowest BCUT2D eigenvalue weighted by Crippen LogP contribution is -2.20. The molecule has 0 spiro atoms. The number of anilines is 1. The summed E-state index contributed by atoms with van der Waals surface area (Å²) in [5.74, 6) is 0.340. The van der Waals surface area contributed by atoms with Gasteiger partial charge in [0.25, 0.3) is 5.91 Å². The van der Waals surface area contributed by atoms with Gasteiger partial charge in [-0.05, 0) is 42.8 Å². The topological polar surface area (TPSA) is 68.5 Å². The lowest BCUT2D eigenvalue weighted by Gasteiger charge is -2.10. The first kappa shape index (κ1) is 18.1. The Morgan fingerprint density at radius 3 is 2.71 bits per heavy atom. The molecule has 3 aromatic carbocycles. The van der Waals surface area contributed by atoms with E-state index in [4.69, 9.17) is 20.8 Å². The maximum Gasteiger partial charge on any atom is 0.262 e. The fraction of sp³-hybridized carbons (Fsp3) is 0.0909. The molecule has 0 unspecified atom stereocenters. The van der Waals surface area contributed by atoms with Gasteiger partial charge in [-0.3, -0.25) is 9.59 Å². The van der Waals surface area contributed by atoms with Gasteiger partial charge in [0.1, 0.15) is 11.3 Å². The van der Waals surface area contributed by atoms with Crippen molar-refractivity contribution in [2.24, 2.45) is 0 Å². The van der Waals surface area contributed by atoms with Gasteiger partial charge in [-0.25, -0.2) is 0 Å². The Kier molecular flexibility index (Phi) is 4.75. The normalized spacial score (nSPS) is 10.9. The number of rotatable bonds is 4. The van der Waals surface area contributed by atoms with Crippen LogP contribution in [0.3, 0.4) is 0 Å². The predicted octanol–water partition coefficient (Wildman–Crippen LogP) is 4.93. The smallest absolute Gasteiger partial charge is 0.262 e. The average Bonchev–Trinajstić information content (AvgIpc) is 2.68. The summed E-state index contributed by atoms with van der Waals surface area (Å²) in [6.45, 7) is 1.78. The molecule has 6 heteroatoms. The molecule has 28 heavy (non-hydrogen) atoms. The number of hydrogen-bond acceptors (Lipinski definition) is 4. The van der Waals surface area contributed by atoms with Gasteiger partial charge in [0.05, 0.1) is 15.8 Å². The first-order valence-corrected chi connectivity index (χ1v) is 9.04. The summed E-state index contributed by atoms with van der Waals surface area (Å²) < 4.78 is 11.4. The second kappa shape index (κ2) is 7.37. The van der Waals surface area contributed by atoms with E-state index in [0.29, 0.717) is 38.4 Å². The summed E-state index contributed by atoms with van der Waals surface area (Å²) in [5.41, 5.74) is 1.96. The molecule has 1 heterocycles. The van der Waals surface area contributed by atoms with Crippen molar-refractivity contribution in [2.45, 2.75) is 6.92 Å². The SMILES string of the molecule is Cc1ccccc1OCC(=O)Nc1ccc2c(=O)c3cccc(Cl)c3oc2c1. The predicted molar refractivity (Wildman–Crippen MR) is 110 cm³/mol. The van der Waals surface area contributed by atoms with Crippen LogP contribution in [0.15, 0.2) is 69.9 Å². The maximum atomic E-state index is 12.6. The lowest BCUT2D eigenvalue weighted by atomic mass is 10.1. The third-order valence-corrected chi connectivity index (χ3v) is 4.68. The van der Waals surface area contributed by atoms with Crippen LogP contribution in [0.1, 0.15) is 5.56 Å². The molecule has 0 aliphatic rings. The summed E-state index contributed by atoms with van der Waals surface area (Å²) in [5, 5.41) is 3.95. The Hall–Kier alpha value is -3.31. The summed E-state index contributed by atoms with van der Waals surface area (Å²) in [4.78, 5) is 24.9. The minimum Gasteiger partial charge on any atom is -0.483 e. The third-order valence-electron chi connectivity index (χ3n) is 4.39. The van der Waals surface area contributed by atoms with Crippen molar-refractivity contribution in [1.29, 1.82) is 0 Å². The zero-order valence-corrected chi connectivity index (χ0v) is 15.7. The van der Waals surface area contributed by atoms with E-state index in [-0.39, 0.29) is 17.9 Å². The van der Waals surface area contributed by atoms with Crippen molar-refractivity contribution in [3.8, 4) is 5.75 Å². The number of carbonyl (C=O) groups excluding carboxylic acids is 1. The molecule has 1 amide bonds. The van der Waals surface area contributed by atoms with Crippen molar-refractivity contribution in [1.82, 2.24) is 0 Å². The van der Waals surface area contributed by atoms with E-state index in [9.17, 15) is 9.59 Å². The highest BCUT2D eigenvalue weighted by Gasteiger charge is 2.12. The number of amides is 1. The van der Waals surface area contributed by atoms with E-state index in [2.05, 4.69) is 5.32 Å². The lowest BCUT2D eigenvalue weighted by molar-refractivity contribution is -0.118. The summed E-state index contributed by atoms with van der Waals surface area (Å²) in [7, 11) is 0. The van der Waals surface area contributed by atoms with Crippen LogP contribution < -0.4 is 15.5 Å². The minimum absolute atomic E-state index is 0.129. The molecule has 0 saturated carbocycles. The fourth-order valence-electron chi connectivity index (χ4n) is 2.98. The Labute approximate surface area is 165 Å². The van der Waals surface area contributed by atoms with Gasteiger partial charge in [-0.15, -0.1) is 0 Å². The summed E-state index contributed by atoms with van der Waals surface area (Å²) in [6.07, 6.45) is 0. The van der Waals surface area contributed by atoms with Crippen LogP contribution in [0.5, 0.6) is 5.75 Å². The first-order valence-electron chi connectivity index (χ1n) is 8.66. The molecule has 0 aliphatic heterocycles. The van der Waals surface area contributed by atoms with Gasteiger partial charge in [-0.2, -0.15) is 0 Å². The van der Waals surface area contributed by atoms with Gasteiger partial charge < -0.3 is 14.5 Å². The molecule has 5 nitrogen and oxygen atoms in total. The number of nitrogens with one attached hydrogen (secondary N) is 1. The molecule has 0 bridgehead atoms. The average molecular weight is 394 g/mol. The Morgan fingerprint density at radius 2 is 1.89 bits per heavy atom. The molecular weight excluding hydrogens is 378 g/mol. The number of carbonyl (C=O) groups is 1. The molecule has 0 radical (unpaired) electrons. The van der Waals surface area contributed by atoms with Crippen LogP contribution in [-0.2, 0) is 4.79 Å².